The molecule has 0 spiro atoms. The van der Waals surface area contributed by atoms with Crippen LogP contribution in [0.5, 0.6) is 0 Å². The molecule has 0 bridgehead atoms. The maximum atomic E-state index is 3.25. The molecule has 0 fully saturated rings. The average molecular weight is 106 g/mol. The molecule has 0 saturated carbocycles. The third kappa shape index (κ3) is 502000. The van der Waals surface area contributed by atoms with E-state index in [4.69, 9.17) is 0 Å². The van der Waals surface area contributed by atoms with E-state index in [2.05, 4.69) is 27.0 Å². The second kappa shape index (κ2) is 37.7. The van der Waals surface area contributed by atoms with Crippen LogP contribution < -0.4 is 0 Å². The Balaban J connectivity index is -0.0000000400. The van der Waals surface area contributed by atoms with Crippen molar-refractivity contribution in [3.8, 4) is 0 Å². The predicted molar refractivity (Wildman–Crippen MR) is 36.9 cm³/mol. The summed E-state index contributed by atoms with van der Waals surface area (Å²) in [6.45, 7) is 13.0. The summed E-state index contributed by atoms with van der Waals surface area (Å²) in [6, 6.07) is 0. The van der Waals surface area contributed by atoms with Crippen LogP contribution in [0.2, 0.25) is 0 Å². The number of hydrogen-bond donors (Lipinski definition) is 0. The molecule has 0 aliphatic rings. The van der Waals surface area contributed by atoms with Crippen molar-refractivity contribution in [3.05, 3.63) is 39.2 Å². The largest absolute Gasteiger partial charge is 2.00 e. The van der Waals surface area contributed by atoms with Crippen LogP contribution in [0.15, 0.2) is 25.3 Å². The molecule has 0 aliphatic heterocycles. The maximum Gasteiger partial charge on any atom is 2.00 e. The van der Waals surface area contributed by atoms with Crippen LogP contribution >= 0.6 is 0 Å². The summed E-state index contributed by atoms with van der Waals surface area (Å²) in [5.41, 5.74) is 0. The fourth-order valence-corrected chi connectivity index (χ4v) is 0. The van der Waals surface area contributed by atoms with Gasteiger partial charge in [0.2, 0.25) is 0 Å². The van der Waals surface area contributed by atoms with E-state index in [0.29, 0.717) is 0 Å². The van der Waals surface area contributed by atoms with Crippen LogP contribution in [-0.2, 0) is 0 Å². The third-order valence-corrected chi connectivity index (χ3v) is 0. The second-order valence-corrected chi connectivity index (χ2v) is 0.577. The standard InChI is InChI=1S/2C3H5.Mg/c2*1-3-2;/h2*3H,1-2H2;/q2*-1;+2. The molecule has 0 aromatic heterocycles. The summed E-state index contributed by atoms with van der Waals surface area (Å²) in [5, 5.41) is 0. The minimum atomic E-state index is 0. The summed E-state index contributed by atoms with van der Waals surface area (Å²) in [6.07, 6.45) is 3.00. The van der Waals surface area contributed by atoms with Gasteiger partial charge in [0.1, 0.15) is 0 Å². The van der Waals surface area contributed by atoms with E-state index >= 15 is 0 Å². The fourth-order valence-electron chi connectivity index (χ4n) is 0. The van der Waals surface area contributed by atoms with Crippen LogP contribution in [0.3, 0.4) is 0 Å². The molecule has 0 aromatic carbocycles. The Kier molecular flexibility index (Phi) is 84.9. The number of hydrogen-bond acceptors (Lipinski definition) is 0. The van der Waals surface area contributed by atoms with Crippen molar-refractivity contribution in [2.24, 2.45) is 0 Å². The van der Waals surface area contributed by atoms with Gasteiger partial charge in [-0.05, 0) is 0 Å². The van der Waals surface area contributed by atoms with Crippen LogP contribution in [0.25, 0.3) is 0 Å². The molecule has 0 radical (unpaired) electrons. The molecule has 0 atom stereocenters. The summed E-state index contributed by atoms with van der Waals surface area (Å²) in [7, 11) is 0. The van der Waals surface area contributed by atoms with Crippen molar-refractivity contribution in [2.45, 2.75) is 0 Å². The van der Waals surface area contributed by atoms with Crippen LogP contribution in [0.4, 0.5) is 0 Å². The van der Waals surface area contributed by atoms with E-state index in [1.165, 1.54) is 12.2 Å². The van der Waals surface area contributed by atoms with Crippen molar-refractivity contribution >= 4 is 23.1 Å². The molecule has 0 amide bonds. The third-order valence-electron chi connectivity index (χ3n) is 0. The van der Waals surface area contributed by atoms with Gasteiger partial charge in [-0.25, -0.2) is 39.2 Å². The van der Waals surface area contributed by atoms with Gasteiger partial charge in [-0.3, -0.25) is 0 Å². The monoisotopic (exact) mass is 106 g/mol. The van der Waals surface area contributed by atoms with Gasteiger partial charge in [0, 0.05) is 0 Å². The molecule has 0 unspecified atom stereocenters. The zero-order valence-corrected chi connectivity index (χ0v) is 6.10. The van der Waals surface area contributed by atoms with E-state index in [-0.39, 0.29) is 23.1 Å². The number of rotatable bonds is 0. The Labute approximate surface area is 62.5 Å². The van der Waals surface area contributed by atoms with Gasteiger partial charge in [0.25, 0.3) is 0 Å². The van der Waals surface area contributed by atoms with Crippen molar-refractivity contribution < 1.29 is 0 Å². The van der Waals surface area contributed by atoms with Crippen molar-refractivity contribution in [1.29, 1.82) is 0 Å². The molecule has 7 heavy (non-hydrogen) atoms. The quantitative estimate of drug-likeness (QED) is 0.325. The molecule has 0 rings (SSSR count). The molecule has 36 valence electrons. The summed E-state index contributed by atoms with van der Waals surface area (Å²) >= 11 is 0. The topological polar surface area (TPSA) is 0 Å². The molecular formula is C6H10Mg. The predicted octanol–water partition coefficient (Wildman–Crippen LogP) is 1.63. The van der Waals surface area contributed by atoms with Gasteiger partial charge >= 0.3 is 23.1 Å². The Morgan fingerprint density at radius 2 is 1.00 bits per heavy atom. The summed E-state index contributed by atoms with van der Waals surface area (Å²) < 4.78 is 0. The van der Waals surface area contributed by atoms with Crippen LogP contribution in [-0.4, -0.2) is 23.1 Å². The van der Waals surface area contributed by atoms with Gasteiger partial charge in [0.15, 0.2) is 0 Å². The normalized spacial score (nSPS) is 3.43. The Morgan fingerprint density at radius 3 is 1.00 bits per heavy atom. The molecule has 0 N–H and O–H groups in total. The Bertz CT molecular complexity index is 25.2. The van der Waals surface area contributed by atoms with E-state index in [0.717, 1.165) is 0 Å². The summed E-state index contributed by atoms with van der Waals surface area (Å²) in [5.74, 6) is 0. The first-order chi connectivity index (χ1) is 2.83. The zero-order chi connectivity index (χ0) is 5.41. The first-order valence-electron chi connectivity index (χ1n) is 1.63. The Hall–Kier alpha value is -0.0138. The van der Waals surface area contributed by atoms with Crippen molar-refractivity contribution in [3.63, 3.8) is 0 Å². The minimum absolute atomic E-state index is 0. The average Bonchev–Trinajstić information content (AvgIpc) is 1.39. The molecule has 1 heteroatoms. The molecule has 0 saturated heterocycles. The van der Waals surface area contributed by atoms with Gasteiger partial charge in [-0.1, -0.05) is 0 Å². The van der Waals surface area contributed by atoms with Gasteiger partial charge in [-0.2, -0.15) is 0 Å². The van der Waals surface area contributed by atoms with Crippen molar-refractivity contribution in [1.82, 2.24) is 0 Å². The molecule has 0 aliphatic carbocycles. The second-order valence-electron chi connectivity index (χ2n) is 0.577. The fraction of sp³-hybridized carbons (Fsp3) is 0. The van der Waals surface area contributed by atoms with Crippen LogP contribution in [0, 0.1) is 13.8 Å². The Morgan fingerprint density at radius 1 is 1.00 bits per heavy atom. The smallest absolute Gasteiger partial charge is 0.245 e. The molecule has 0 heterocycles. The zero-order valence-electron chi connectivity index (χ0n) is 4.69. The SMILES string of the molecule is C=C[CH2-].C=C[CH2-].[Mg+2]. The van der Waals surface area contributed by atoms with E-state index in [1.807, 2.05) is 0 Å². The van der Waals surface area contributed by atoms with E-state index in [9.17, 15) is 0 Å². The van der Waals surface area contributed by atoms with Crippen LogP contribution in [0.1, 0.15) is 0 Å². The first-order valence-corrected chi connectivity index (χ1v) is 1.63. The van der Waals surface area contributed by atoms with Gasteiger partial charge in [0.05, 0.1) is 0 Å². The molecular weight excluding hydrogens is 96.4 g/mol. The molecule has 0 nitrogen and oxygen atoms in total. The van der Waals surface area contributed by atoms with E-state index in [1.54, 1.807) is 0 Å². The molecule has 0 aromatic rings. The first kappa shape index (κ1) is 15.8. The maximum absolute atomic E-state index is 3.25. The minimum Gasteiger partial charge on any atom is -0.245 e. The number of allylic oxidation sites excluding steroid dienone is 2. The van der Waals surface area contributed by atoms with E-state index < -0.39 is 0 Å². The van der Waals surface area contributed by atoms with Crippen molar-refractivity contribution in [2.75, 3.05) is 0 Å². The summed E-state index contributed by atoms with van der Waals surface area (Å²) in [4.78, 5) is 0. The van der Waals surface area contributed by atoms with Gasteiger partial charge < -0.3 is 0 Å². The van der Waals surface area contributed by atoms with Gasteiger partial charge in [-0.15, -0.1) is 0 Å².